The molecule has 1 aliphatic heterocycles. The molecule has 19 heavy (non-hydrogen) atoms. The standard InChI is InChI=1S/C12H23N5O2/c1-13-10(9-18-3)8-11-14-12(15-19-11)17-6-4-16(2)5-7-17/h10,13H,4-9H2,1-3H3. The molecular weight excluding hydrogens is 246 g/mol. The summed E-state index contributed by atoms with van der Waals surface area (Å²) < 4.78 is 10.4. The van der Waals surface area contributed by atoms with Gasteiger partial charge in [-0.1, -0.05) is 0 Å². The van der Waals surface area contributed by atoms with Crippen LogP contribution >= 0.6 is 0 Å². The first-order chi connectivity index (χ1) is 9.22. The Morgan fingerprint density at radius 1 is 1.37 bits per heavy atom. The molecule has 0 saturated carbocycles. The van der Waals surface area contributed by atoms with Gasteiger partial charge in [0.1, 0.15) is 0 Å². The highest BCUT2D eigenvalue weighted by atomic mass is 16.5. The maximum Gasteiger partial charge on any atom is 0.266 e. The van der Waals surface area contributed by atoms with E-state index in [1.54, 1.807) is 7.11 Å². The van der Waals surface area contributed by atoms with E-state index in [4.69, 9.17) is 9.26 Å². The quantitative estimate of drug-likeness (QED) is 0.753. The minimum absolute atomic E-state index is 0.200. The highest BCUT2D eigenvalue weighted by Crippen LogP contribution is 2.12. The van der Waals surface area contributed by atoms with Gasteiger partial charge in [0.15, 0.2) is 0 Å². The molecule has 1 fully saturated rings. The molecule has 108 valence electrons. The topological polar surface area (TPSA) is 66.7 Å². The number of rotatable bonds is 6. The van der Waals surface area contributed by atoms with Crippen LogP contribution in [-0.2, 0) is 11.2 Å². The van der Waals surface area contributed by atoms with Crippen molar-refractivity contribution in [1.82, 2.24) is 20.4 Å². The number of nitrogens with zero attached hydrogens (tertiary/aromatic N) is 4. The Balaban J connectivity index is 1.91. The van der Waals surface area contributed by atoms with Gasteiger partial charge in [-0.3, -0.25) is 0 Å². The molecule has 1 aromatic heterocycles. The molecule has 0 amide bonds. The van der Waals surface area contributed by atoms with Gasteiger partial charge in [-0.25, -0.2) is 0 Å². The van der Waals surface area contributed by atoms with E-state index >= 15 is 0 Å². The zero-order valence-corrected chi connectivity index (χ0v) is 11.9. The van der Waals surface area contributed by atoms with Crippen molar-refractivity contribution in [3.63, 3.8) is 0 Å². The van der Waals surface area contributed by atoms with Gasteiger partial charge in [0.2, 0.25) is 5.89 Å². The minimum Gasteiger partial charge on any atom is -0.383 e. The van der Waals surface area contributed by atoms with Crippen molar-refractivity contribution in [3.05, 3.63) is 5.89 Å². The lowest BCUT2D eigenvalue weighted by molar-refractivity contribution is 0.165. The third-order valence-corrected chi connectivity index (χ3v) is 3.44. The van der Waals surface area contributed by atoms with Crippen molar-refractivity contribution in [3.8, 4) is 0 Å². The maximum absolute atomic E-state index is 5.31. The summed E-state index contributed by atoms with van der Waals surface area (Å²) in [6.45, 7) is 4.59. The molecule has 1 N–H and O–H groups in total. The Kier molecular flexibility index (Phi) is 5.12. The molecule has 2 heterocycles. The minimum atomic E-state index is 0.200. The zero-order chi connectivity index (χ0) is 13.7. The third-order valence-electron chi connectivity index (χ3n) is 3.44. The van der Waals surface area contributed by atoms with Crippen LogP contribution < -0.4 is 10.2 Å². The molecule has 0 radical (unpaired) electrons. The van der Waals surface area contributed by atoms with E-state index in [-0.39, 0.29) is 6.04 Å². The average molecular weight is 269 g/mol. The monoisotopic (exact) mass is 269 g/mol. The SMILES string of the molecule is CNC(COC)Cc1nc(N2CCN(C)CC2)no1. The molecule has 0 bridgehead atoms. The fourth-order valence-electron chi connectivity index (χ4n) is 2.12. The molecule has 1 aliphatic rings. The Hall–Kier alpha value is -1.18. The lowest BCUT2D eigenvalue weighted by atomic mass is 10.2. The summed E-state index contributed by atoms with van der Waals surface area (Å²) in [7, 11) is 5.72. The summed E-state index contributed by atoms with van der Waals surface area (Å²) in [6.07, 6.45) is 0.686. The first-order valence-corrected chi connectivity index (χ1v) is 6.65. The van der Waals surface area contributed by atoms with Crippen LogP contribution in [0.3, 0.4) is 0 Å². The van der Waals surface area contributed by atoms with Crippen LogP contribution in [0.2, 0.25) is 0 Å². The van der Waals surface area contributed by atoms with E-state index in [1.807, 2.05) is 7.05 Å². The third kappa shape index (κ3) is 3.89. The number of anilines is 1. The van der Waals surface area contributed by atoms with Crippen molar-refractivity contribution in [2.45, 2.75) is 12.5 Å². The van der Waals surface area contributed by atoms with Gasteiger partial charge in [0.25, 0.3) is 5.95 Å². The molecular formula is C12H23N5O2. The van der Waals surface area contributed by atoms with Crippen LogP contribution in [0.25, 0.3) is 0 Å². The second kappa shape index (κ2) is 6.83. The number of hydrogen-bond donors (Lipinski definition) is 1. The fraction of sp³-hybridized carbons (Fsp3) is 0.833. The van der Waals surface area contributed by atoms with Crippen LogP contribution in [0, 0.1) is 0 Å². The predicted octanol–water partition coefficient (Wildman–Crippen LogP) is -0.402. The summed E-state index contributed by atoms with van der Waals surface area (Å²) in [5, 5.41) is 7.24. The van der Waals surface area contributed by atoms with Gasteiger partial charge in [-0.2, -0.15) is 4.98 Å². The number of aromatic nitrogens is 2. The van der Waals surface area contributed by atoms with Crippen LogP contribution in [0.4, 0.5) is 5.95 Å². The zero-order valence-electron chi connectivity index (χ0n) is 11.9. The molecule has 2 rings (SSSR count). The van der Waals surface area contributed by atoms with Gasteiger partial charge in [-0.05, 0) is 19.3 Å². The summed E-state index contributed by atoms with van der Waals surface area (Å²) in [6, 6.07) is 0.200. The van der Waals surface area contributed by atoms with Crippen molar-refractivity contribution in [2.24, 2.45) is 0 Å². The molecule has 1 atom stereocenters. The maximum atomic E-state index is 5.31. The summed E-state index contributed by atoms with van der Waals surface area (Å²) in [5.74, 6) is 1.36. The van der Waals surface area contributed by atoms with Gasteiger partial charge >= 0.3 is 0 Å². The molecule has 0 aromatic carbocycles. The second-order valence-electron chi connectivity index (χ2n) is 4.92. The number of likely N-dealkylation sites (N-methyl/N-ethyl adjacent to an activating group) is 2. The van der Waals surface area contributed by atoms with Crippen molar-refractivity contribution in [1.29, 1.82) is 0 Å². The van der Waals surface area contributed by atoms with E-state index in [9.17, 15) is 0 Å². The van der Waals surface area contributed by atoms with Gasteiger partial charge < -0.3 is 24.4 Å². The molecule has 1 saturated heterocycles. The van der Waals surface area contributed by atoms with E-state index in [0.717, 1.165) is 26.2 Å². The molecule has 7 heteroatoms. The number of ether oxygens (including phenoxy) is 1. The van der Waals surface area contributed by atoms with Crippen LogP contribution in [-0.4, -0.2) is 75.1 Å². The van der Waals surface area contributed by atoms with Gasteiger partial charge in [0.05, 0.1) is 6.61 Å². The molecule has 7 nitrogen and oxygen atoms in total. The van der Waals surface area contributed by atoms with E-state index < -0.39 is 0 Å². The van der Waals surface area contributed by atoms with Gasteiger partial charge in [0, 0.05) is 45.8 Å². The van der Waals surface area contributed by atoms with E-state index in [0.29, 0.717) is 24.9 Å². The Bertz CT molecular complexity index is 376. The van der Waals surface area contributed by atoms with Crippen molar-refractivity contribution in [2.75, 3.05) is 58.9 Å². The van der Waals surface area contributed by atoms with Crippen molar-refractivity contribution >= 4 is 5.95 Å². The largest absolute Gasteiger partial charge is 0.383 e. The Labute approximate surface area is 113 Å². The van der Waals surface area contributed by atoms with Gasteiger partial charge in [-0.15, -0.1) is 0 Å². The summed E-state index contributed by atoms with van der Waals surface area (Å²) in [4.78, 5) is 8.93. The lowest BCUT2D eigenvalue weighted by Gasteiger charge is -2.31. The number of nitrogens with one attached hydrogen (secondary N) is 1. The average Bonchev–Trinajstić information content (AvgIpc) is 2.87. The number of hydrogen-bond acceptors (Lipinski definition) is 7. The Morgan fingerprint density at radius 3 is 2.74 bits per heavy atom. The second-order valence-corrected chi connectivity index (χ2v) is 4.92. The normalized spacial score (nSPS) is 18.8. The van der Waals surface area contributed by atoms with Crippen molar-refractivity contribution < 1.29 is 9.26 Å². The van der Waals surface area contributed by atoms with Crippen LogP contribution in [0.15, 0.2) is 4.52 Å². The smallest absolute Gasteiger partial charge is 0.266 e. The molecule has 1 aromatic rings. The van der Waals surface area contributed by atoms with Crippen LogP contribution in [0.1, 0.15) is 5.89 Å². The van der Waals surface area contributed by atoms with Crippen LogP contribution in [0.5, 0.6) is 0 Å². The lowest BCUT2D eigenvalue weighted by Crippen LogP contribution is -2.44. The van der Waals surface area contributed by atoms with E-state index in [1.165, 1.54) is 0 Å². The first-order valence-electron chi connectivity index (χ1n) is 6.65. The molecule has 0 aliphatic carbocycles. The summed E-state index contributed by atoms with van der Waals surface area (Å²) >= 11 is 0. The summed E-state index contributed by atoms with van der Waals surface area (Å²) in [5.41, 5.74) is 0. The molecule has 1 unspecified atom stereocenters. The Morgan fingerprint density at radius 2 is 2.11 bits per heavy atom. The number of methoxy groups -OCH3 is 1. The first kappa shape index (κ1) is 14.2. The highest BCUT2D eigenvalue weighted by molar-refractivity contribution is 5.28. The fourth-order valence-corrected chi connectivity index (χ4v) is 2.12. The number of piperazine rings is 1. The predicted molar refractivity (Wildman–Crippen MR) is 72.4 cm³/mol. The molecule has 0 spiro atoms. The van der Waals surface area contributed by atoms with E-state index in [2.05, 4.69) is 32.3 Å². The highest BCUT2D eigenvalue weighted by Gasteiger charge is 2.20.